The van der Waals surface area contributed by atoms with Gasteiger partial charge in [-0.15, -0.1) is 24.0 Å². The lowest BCUT2D eigenvalue weighted by Gasteiger charge is -2.36. The maximum Gasteiger partial charge on any atom is 0.191 e. The molecule has 1 aliphatic heterocycles. The van der Waals surface area contributed by atoms with E-state index in [1.807, 2.05) is 18.2 Å². The van der Waals surface area contributed by atoms with Gasteiger partial charge in [-0.1, -0.05) is 25.3 Å². The molecule has 0 radical (unpaired) electrons. The normalized spacial score (nSPS) is 18.5. The third-order valence-corrected chi connectivity index (χ3v) is 6.51. The molecular weight excluding hydrogens is 531 g/mol. The van der Waals surface area contributed by atoms with Gasteiger partial charge in [-0.3, -0.25) is 0 Å². The number of aliphatic hydroxyl groups is 1. The number of guanidine groups is 1. The number of nitrogens with zero attached hydrogens (tertiary/aromatic N) is 2. The van der Waals surface area contributed by atoms with Crippen LogP contribution in [0.1, 0.15) is 57.4 Å². The van der Waals surface area contributed by atoms with Gasteiger partial charge in [-0.25, -0.2) is 4.99 Å². The molecule has 1 aliphatic carbocycles. The minimum absolute atomic E-state index is 0. The molecule has 0 spiro atoms. The molecule has 0 aromatic heterocycles. The highest BCUT2D eigenvalue weighted by molar-refractivity contribution is 14.0. The number of hydrogen-bond donors (Lipinski definition) is 3. The number of nitrogens with one attached hydrogen (secondary N) is 2. The van der Waals surface area contributed by atoms with Crippen LogP contribution in [0, 0.1) is 5.92 Å². The Morgan fingerprint density at radius 1 is 1.12 bits per heavy atom. The summed E-state index contributed by atoms with van der Waals surface area (Å²) in [5, 5.41) is 16.0. The number of benzene rings is 1. The number of methoxy groups -OCH3 is 1. The number of halogens is 1. The Bertz CT molecular complexity index is 705. The van der Waals surface area contributed by atoms with E-state index in [4.69, 9.17) is 19.6 Å². The Balaban J connectivity index is 0.00000385. The average molecular weight is 575 g/mol. The highest BCUT2D eigenvalue weighted by Crippen LogP contribution is 2.28. The smallest absolute Gasteiger partial charge is 0.191 e. The van der Waals surface area contributed by atoms with Gasteiger partial charge >= 0.3 is 0 Å². The van der Waals surface area contributed by atoms with E-state index in [0.717, 1.165) is 24.0 Å². The molecule has 1 heterocycles. The molecule has 1 saturated heterocycles. The largest absolute Gasteiger partial charge is 0.493 e. The Hall–Kier alpha value is -1.26. The second-order valence-electron chi connectivity index (χ2n) is 8.98. The van der Waals surface area contributed by atoms with Crippen molar-refractivity contribution >= 4 is 29.9 Å². The summed E-state index contributed by atoms with van der Waals surface area (Å²) in [6, 6.07) is 6.29. The van der Waals surface area contributed by atoms with Crippen LogP contribution in [0.15, 0.2) is 23.2 Å². The number of hydrogen-bond acceptors (Lipinski definition) is 5. The lowest BCUT2D eigenvalue weighted by molar-refractivity contribution is 0.160. The molecular formula is C25H43IN4O3. The van der Waals surface area contributed by atoms with E-state index in [-0.39, 0.29) is 37.2 Å². The standard InChI is InChI=1S/C25H42N4O3.HI/c1-3-26-25(27-18-21-9-10-23(32-16-15-30)24(17-21)31-2)28-22-11-13-29(14-12-22)19-20-7-5-4-6-8-20;/h9-10,17,20,22,30H,3-8,11-16,18-19H2,1-2H3,(H2,26,27,28);1H. The fourth-order valence-electron chi connectivity index (χ4n) is 4.76. The lowest BCUT2D eigenvalue weighted by Crippen LogP contribution is -2.49. The molecule has 0 unspecified atom stereocenters. The summed E-state index contributed by atoms with van der Waals surface area (Å²) in [5.41, 5.74) is 1.05. The minimum atomic E-state index is -0.0214. The molecule has 1 saturated carbocycles. The quantitative estimate of drug-likeness (QED) is 0.224. The molecule has 0 atom stereocenters. The van der Waals surface area contributed by atoms with Gasteiger partial charge in [0.05, 0.1) is 20.3 Å². The van der Waals surface area contributed by atoms with Crippen molar-refractivity contribution in [1.82, 2.24) is 15.5 Å². The van der Waals surface area contributed by atoms with Gasteiger partial charge in [-0.2, -0.15) is 0 Å². The van der Waals surface area contributed by atoms with Crippen molar-refractivity contribution in [2.24, 2.45) is 10.9 Å². The Morgan fingerprint density at radius 2 is 1.88 bits per heavy atom. The molecule has 3 rings (SSSR count). The number of aliphatic hydroxyl groups excluding tert-OH is 1. The number of likely N-dealkylation sites (tertiary alicyclic amines) is 1. The molecule has 0 amide bonds. The summed E-state index contributed by atoms with van der Waals surface area (Å²) < 4.78 is 10.9. The van der Waals surface area contributed by atoms with Crippen LogP contribution < -0.4 is 20.1 Å². The summed E-state index contributed by atoms with van der Waals surface area (Å²) in [4.78, 5) is 7.47. The van der Waals surface area contributed by atoms with Crippen LogP contribution >= 0.6 is 24.0 Å². The molecule has 3 N–H and O–H groups in total. The van der Waals surface area contributed by atoms with Gasteiger partial charge in [0.15, 0.2) is 17.5 Å². The van der Waals surface area contributed by atoms with Crippen LogP contribution in [0.3, 0.4) is 0 Å². The van der Waals surface area contributed by atoms with Crippen LogP contribution in [0.25, 0.3) is 0 Å². The van der Waals surface area contributed by atoms with Crippen LogP contribution in [0.2, 0.25) is 0 Å². The molecule has 1 aromatic carbocycles. The third-order valence-electron chi connectivity index (χ3n) is 6.51. The zero-order valence-electron chi connectivity index (χ0n) is 20.4. The van der Waals surface area contributed by atoms with Gasteiger partial charge in [0.25, 0.3) is 0 Å². The summed E-state index contributed by atoms with van der Waals surface area (Å²) in [7, 11) is 1.63. The Morgan fingerprint density at radius 3 is 2.55 bits per heavy atom. The van der Waals surface area contributed by atoms with Gasteiger partial charge in [-0.05, 0) is 56.2 Å². The zero-order chi connectivity index (χ0) is 22.6. The first-order valence-corrected chi connectivity index (χ1v) is 12.4. The van der Waals surface area contributed by atoms with Gasteiger partial charge in [0.1, 0.15) is 6.61 Å². The van der Waals surface area contributed by atoms with E-state index in [1.165, 1.54) is 64.6 Å². The van der Waals surface area contributed by atoms with Crippen LogP contribution in [-0.4, -0.2) is 68.5 Å². The van der Waals surface area contributed by atoms with Gasteiger partial charge in [0, 0.05) is 32.2 Å². The van der Waals surface area contributed by atoms with E-state index in [1.54, 1.807) is 7.11 Å². The molecule has 7 nitrogen and oxygen atoms in total. The van der Waals surface area contributed by atoms with Gasteiger partial charge < -0.3 is 30.1 Å². The predicted octanol–water partition coefficient (Wildman–Crippen LogP) is 3.78. The molecule has 1 aromatic rings. The first kappa shape index (κ1) is 28.0. The Labute approximate surface area is 216 Å². The Kier molecular flexibility index (Phi) is 13.2. The number of aliphatic imine (C=N–C) groups is 1. The second kappa shape index (κ2) is 15.6. The van der Waals surface area contributed by atoms with Crippen molar-refractivity contribution in [3.05, 3.63) is 23.8 Å². The van der Waals surface area contributed by atoms with Crippen molar-refractivity contribution in [3.63, 3.8) is 0 Å². The summed E-state index contributed by atoms with van der Waals surface area (Å²) in [6.07, 6.45) is 9.47. The third kappa shape index (κ3) is 9.48. The predicted molar refractivity (Wildman–Crippen MR) is 145 cm³/mol. The summed E-state index contributed by atoms with van der Waals surface area (Å²) in [6.45, 7) is 7.38. The number of ether oxygens (including phenoxy) is 2. The summed E-state index contributed by atoms with van der Waals surface area (Å²) in [5.74, 6) is 3.09. The van der Waals surface area contributed by atoms with E-state index in [0.29, 0.717) is 24.1 Å². The van der Waals surface area contributed by atoms with Crippen molar-refractivity contribution in [1.29, 1.82) is 0 Å². The molecule has 0 bridgehead atoms. The second-order valence-corrected chi connectivity index (χ2v) is 8.98. The van der Waals surface area contributed by atoms with Crippen molar-refractivity contribution in [2.45, 2.75) is 64.5 Å². The zero-order valence-corrected chi connectivity index (χ0v) is 22.7. The van der Waals surface area contributed by atoms with Crippen molar-refractivity contribution < 1.29 is 14.6 Å². The van der Waals surface area contributed by atoms with Crippen LogP contribution in [-0.2, 0) is 6.54 Å². The highest BCUT2D eigenvalue weighted by Gasteiger charge is 2.23. The fraction of sp³-hybridized carbons (Fsp3) is 0.720. The molecule has 2 fully saturated rings. The fourth-order valence-corrected chi connectivity index (χ4v) is 4.76. The lowest BCUT2D eigenvalue weighted by atomic mass is 9.88. The maximum atomic E-state index is 8.96. The molecule has 8 heteroatoms. The highest BCUT2D eigenvalue weighted by atomic mass is 127. The average Bonchev–Trinajstić information content (AvgIpc) is 2.83. The van der Waals surface area contributed by atoms with E-state index in [2.05, 4.69) is 22.5 Å². The number of piperidine rings is 1. The first-order valence-electron chi connectivity index (χ1n) is 12.4. The topological polar surface area (TPSA) is 78.4 Å². The molecule has 2 aliphatic rings. The van der Waals surface area contributed by atoms with Crippen molar-refractivity contribution in [2.75, 3.05) is 46.5 Å². The summed E-state index contributed by atoms with van der Waals surface area (Å²) >= 11 is 0. The monoisotopic (exact) mass is 574 g/mol. The van der Waals surface area contributed by atoms with Gasteiger partial charge in [0.2, 0.25) is 0 Å². The number of rotatable bonds is 10. The van der Waals surface area contributed by atoms with Crippen molar-refractivity contribution in [3.8, 4) is 11.5 Å². The molecule has 188 valence electrons. The van der Waals surface area contributed by atoms with E-state index in [9.17, 15) is 0 Å². The maximum absolute atomic E-state index is 8.96. The van der Waals surface area contributed by atoms with Crippen LogP contribution in [0.5, 0.6) is 11.5 Å². The first-order chi connectivity index (χ1) is 15.7. The molecule has 33 heavy (non-hydrogen) atoms. The van der Waals surface area contributed by atoms with E-state index >= 15 is 0 Å². The van der Waals surface area contributed by atoms with Crippen LogP contribution in [0.4, 0.5) is 0 Å². The SMILES string of the molecule is CCNC(=NCc1ccc(OCCO)c(OC)c1)NC1CCN(CC2CCCCC2)CC1.I. The minimum Gasteiger partial charge on any atom is -0.493 e. The van der Waals surface area contributed by atoms with E-state index < -0.39 is 0 Å².